The van der Waals surface area contributed by atoms with Gasteiger partial charge in [-0.05, 0) is 32.0 Å². The Balaban J connectivity index is 2.79. The third kappa shape index (κ3) is 3.07. The van der Waals surface area contributed by atoms with E-state index in [0.717, 1.165) is 13.0 Å². The monoisotopic (exact) mass is 221 g/mol. The third-order valence-corrected chi connectivity index (χ3v) is 2.47. The van der Waals surface area contributed by atoms with Crippen molar-refractivity contribution >= 4 is 5.78 Å². The first-order chi connectivity index (χ1) is 7.70. The van der Waals surface area contributed by atoms with Crippen LogP contribution in [0.3, 0.4) is 0 Å². The highest BCUT2D eigenvalue weighted by molar-refractivity contribution is 6.02. The number of hydrogen-bond acceptors (Lipinski definition) is 3. The molecule has 0 bridgehead atoms. The van der Waals surface area contributed by atoms with Gasteiger partial charge in [0.15, 0.2) is 5.78 Å². The fourth-order valence-electron chi connectivity index (χ4n) is 1.53. The van der Waals surface area contributed by atoms with Crippen LogP contribution in [-0.4, -0.2) is 25.5 Å². The molecular formula is C13H19NO2. The smallest absolute Gasteiger partial charge is 0.183 e. The van der Waals surface area contributed by atoms with Crippen molar-refractivity contribution in [1.82, 2.24) is 5.32 Å². The molecule has 1 rings (SSSR count). The highest BCUT2D eigenvalue weighted by atomic mass is 16.5. The van der Waals surface area contributed by atoms with Gasteiger partial charge < -0.3 is 10.1 Å². The quantitative estimate of drug-likeness (QED) is 0.749. The Bertz CT molecular complexity index is 350. The molecule has 0 saturated heterocycles. The minimum atomic E-state index is -0.170. The fourth-order valence-corrected chi connectivity index (χ4v) is 1.53. The van der Waals surface area contributed by atoms with Crippen molar-refractivity contribution in [2.45, 2.75) is 26.3 Å². The molecular weight excluding hydrogens is 202 g/mol. The average molecular weight is 221 g/mol. The van der Waals surface area contributed by atoms with Gasteiger partial charge in [0.1, 0.15) is 5.75 Å². The Morgan fingerprint density at radius 2 is 2.12 bits per heavy atom. The molecule has 0 saturated carbocycles. The summed E-state index contributed by atoms with van der Waals surface area (Å²) >= 11 is 0. The van der Waals surface area contributed by atoms with E-state index in [0.29, 0.717) is 11.3 Å². The molecule has 0 aliphatic rings. The number of ketones is 1. The van der Waals surface area contributed by atoms with Gasteiger partial charge in [0, 0.05) is 0 Å². The molecule has 16 heavy (non-hydrogen) atoms. The molecule has 0 fully saturated rings. The van der Waals surface area contributed by atoms with Gasteiger partial charge in [0.25, 0.3) is 0 Å². The average Bonchev–Trinajstić information content (AvgIpc) is 2.34. The zero-order valence-electron chi connectivity index (χ0n) is 10.1. The van der Waals surface area contributed by atoms with Crippen molar-refractivity contribution in [3.8, 4) is 5.75 Å². The summed E-state index contributed by atoms with van der Waals surface area (Å²) in [5, 5.41) is 3.18. The number of para-hydroxylation sites is 1. The number of methoxy groups -OCH3 is 1. The predicted octanol–water partition coefficient (Wildman–Crippen LogP) is 2.27. The number of benzene rings is 1. The molecule has 1 aromatic rings. The van der Waals surface area contributed by atoms with Crippen LogP contribution in [0.4, 0.5) is 0 Å². The highest BCUT2D eigenvalue weighted by Crippen LogP contribution is 2.18. The SMILES string of the molecule is CCCNC(C)C(=O)c1ccccc1OC. The van der Waals surface area contributed by atoms with E-state index in [1.54, 1.807) is 19.2 Å². The minimum absolute atomic E-state index is 0.0749. The number of carbonyl (C=O) groups is 1. The van der Waals surface area contributed by atoms with E-state index in [2.05, 4.69) is 12.2 Å². The first-order valence-electron chi connectivity index (χ1n) is 5.61. The van der Waals surface area contributed by atoms with Gasteiger partial charge >= 0.3 is 0 Å². The molecule has 3 nitrogen and oxygen atoms in total. The second kappa shape index (κ2) is 6.28. The van der Waals surface area contributed by atoms with Crippen LogP contribution in [0, 0.1) is 0 Å². The van der Waals surface area contributed by atoms with Gasteiger partial charge in [-0.15, -0.1) is 0 Å². The lowest BCUT2D eigenvalue weighted by molar-refractivity contribution is 0.0948. The number of ether oxygens (including phenoxy) is 1. The van der Waals surface area contributed by atoms with Crippen LogP contribution >= 0.6 is 0 Å². The van der Waals surface area contributed by atoms with Gasteiger partial charge in [-0.1, -0.05) is 19.1 Å². The maximum Gasteiger partial charge on any atom is 0.183 e. The van der Waals surface area contributed by atoms with Crippen LogP contribution in [-0.2, 0) is 0 Å². The van der Waals surface area contributed by atoms with E-state index in [4.69, 9.17) is 4.74 Å². The maximum absolute atomic E-state index is 12.1. The number of carbonyl (C=O) groups excluding carboxylic acids is 1. The molecule has 1 atom stereocenters. The van der Waals surface area contributed by atoms with Crippen LogP contribution in [0.2, 0.25) is 0 Å². The Morgan fingerprint density at radius 3 is 2.75 bits per heavy atom. The van der Waals surface area contributed by atoms with Crippen molar-refractivity contribution in [3.63, 3.8) is 0 Å². The van der Waals surface area contributed by atoms with Crippen molar-refractivity contribution in [3.05, 3.63) is 29.8 Å². The van der Waals surface area contributed by atoms with Crippen molar-refractivity contribution in [2.24, 2.45) is 0 Å². The summed E-state index contributed by atoms with van der Waals surface area (Å²) < 4.78 is 5.17. The van der Waals surface area contributed by atoms with Gasteiger partial charge in [-0.2, -0.15) is 0 Å². The predicted molar refractivity (Wildman–Crippen MR) is 65.1 cm³/mol. The van der Waals surface area contributed by atoms with E-state index < -0.39 is 0 Å². The topological polar surface area (TPSA) is 38.3 Å². The summed E-state index contributed by atoms with van der Waals surface area (Å²) in [5.41, 5.74) is 0.640. The fraction of sp³-hybridized carbons (Fsp3) is 0.462. The van der Waals surface area contributed by atoms with E-state index >= 15 is 0 Å². The van der Waals surface area contributed by atoms with Crippen molar-refractivity contribution < 1.29 is 9.53 Å². The summed E-state index contributed by atoms with van der Waals surface area (Å²) in [7, 11) is 1.58. The van der Waals surface area contributed by atoms with E-state index in [1.165, 1.54) is 0 Å². The molecule has 0 heterocycles. The van der Waals surface area contributed by atoms with Crippen molar-refractivity contribution in [1.29, 1.82) is 0 Å². The first kappa shape index (κ1) is 12.7. The number of hydrogen-bond donors (Lipinski definition) is 1. The van der Waals surface area contributed by atoms with Crippen LogP contribution in [0.5, 0.6) is 5.75 Å². The largest absolute Gasteiger partial charge is 0.496 e. The Hall–Kier alpha value is -1.35. The lowest BCUT2D eigenvalue weighted by Crippen LogP contribution is -2.34. The van der Waals surface area contributed by atoms with E-state index in [9.17, 15) is 4.79 Å². The molecule has 1 unspecified atom stereocenters. The van der Waals surface area contributed by atoms with Gasteiger partial charge in [-0.25, -0.2) is 0 Å². The molecule has 0 aliphatic carbocycles. The summed E-state index contributed by atoms with van der Waals surface area (Å²) in [6.07, 6.45) is 1.02. The molecule has 0 amide bonds. The summed E-state index contributed by atoms with van der Waals surface area (Å²) in [6, 6.07) is 7.14. The minimum Gasteiger partial charge on any atom is -0.496 e. The molecule has 3 heteroatoms. The number of nitrogens with one attached hydrogen (secondary N) is 1. The van der Waals surface area contributed by atoms with Gasteiger partial charge in [-0.3, -0.25) is 4.79 Å². The third-order valence-electron chi connectivity index (χ3n) is 2.47. The Labute approximate surface area is 96.8 Å². The first-order valence-corrected chi connectivity index (χ1v) is 5.61. The number of rotatable bonds is 6. The van der Waals surface area contributed by atoms with Crippen LogP contribution in [0.25, 0.3) is 0 Å². The van der Waals surface area contributed by atoms with Gasteiger partial charge in [0.2, 0.25) is 0 Å². The highest BCUT2D eigenvalue weighted by Gasteiger charge is 2.17. The molecule has 0 aromatic heterocycles. The Kier molecular flexibility index (Phi) is 4.99. The zero-order chi connectivity index (χ0) is 12.0. The second-order valence-corrected chi connectivity index (χ2v) is 3.74. The standard InChI is InChI=1S/C13H19NO2/c1-4-9-14-10(2)13(15)11-7-5-6-8-12(11)16-3/h5-8,10,14H,4,9H2,1-3H3. The molecule has 0 spiro atoms. The summed E-state index contributed by atoms with van der Waals surface area (Å²) in [6.45, 7) is 4.81. The molecule has 0 aliphatic heterocycles. The van der Waals surface area contributed by atoms with Crippen LogP contribution in [0.15, 0.2) is 24.3 Å². The molecule has 88 valence electrons. The molecule has 1 N–H and O–H groups in total. The maximum atomic E-state index is 12.1. The van der Waals surface area contributed by atoms with Crippen LogP contribution < -0.4 is 10.1 Å². The lowest BCUT2D eigenvalue weighted by Gasteiger charge is -2.14. The van der Waals surface area contributed by atoms with Crippen molar-refractivity contribution in [2.75, 3.05) is 13.7 Å². The molecule has 0 radical (unpaired) electrons. The second-order valence-electron chi connectivity index (χ2n) is 3.74. The molecule has 1 aromatic carbocycles. The summed E-state index contributed by atoms with van der Waals surface area (Å²) in [4.78, 5) is 12.1. The van der Waals surface area contributed by atoms with E-state index in [1.807, 2.05) is 19.1 Å². The number of Topliss-reactive ketones (excluding diaryl/α,β-unsaturated/α-hetero) is 1. The normalized spacial score (nSPS) is 12.2. The summed E-state index contributed by atoms with van der Waals surface area (Å²) in [5.74, 6) is 0.712. The van der Waals surface area contributed by atoms with E-state index in [-0.39, 0.29) is 11.8 Å². The van der Waals surface area contributed by atoms with Gasteiger partial charge in [0.05, 0.1) is 18.7 Å². The zero-order valence-corrected chi connectivity index (χ0v) is 10.1. The van der Waals surface area contributed by atoms with Crippen LogP contribution in [0.1, 0.15) is 30.6 Å². The Morgan fingerprint density at radius 1 is 1.44 bits per heavy atom. The lowest BCUT2D eigenvalue weighted by atomic mass is 10.0.